The Balaban J connectivity index is 1.78. The van der Waals surface area contributed by atoms with Gasteiger partial charge in [0.15, 0.2) is 0 Å². The Labute approximate surface area is 163 Å². The van der Waals surface area contributed by atoms with Gasteiger partial charge < -0.3 is 9.80 Å². The molecule has 0 N–H and O–H groups in total. The van der Waals surface area contributed by atoms with Crippen LogP contribution in [0.2, 0.25) is 0 Å². The summed E-state index contributed by atoms with van der Waals surface area (Å²) in [5, 5.41) is 0. The van der Waals surface area contributed by atoms with E-state index in [0.717, 1.165) is 51.1 Å². The maximum atomic E-state index is 13.2. The fourth-order valence-corrected chi connectivity index (χ4v) is 4.05. The van der Waals surface area contributed by atoms with Gasteiger partial charge in [-0.15, -0.1) is 0 Å². The highest BCUT2D eigenvalue weighted by Crippen LogP contribution is 2.26. The number of amides is 1. The molecule has 1 aliphatic carbocycles. The van der Waals surface area contributed by atoms with Crippen LogP contribution in [0.3, 0.4) is 0 Å². The van der Waals surface area contributed by atoms with Crippen LogP contribution >= 0.6 is 0 Å². The number of carbonyl (C=O) groups is 1. The SMILES string of the molecule is CCCN(C(=O)c1ccc(N(CC)CC)nc1)C1CCc2ccccc2C1. The Morgan fingerprint density at radius 1 is 1.07 bits per heavy atom. The summed E-state index contributed by atoms with van der Waals surface area (Å²) >= 11 is 0. The molecule has 27 heavy (non-hydrogen) atoms. The second kappa shape index (κ2) is 9.03. The largest absolute Gasteiger partial charge is 0.357 e. The van der Waals surface area contributed by atoms with Crippen molar-refractivity contribution < 1.29 is 4.79 Å². The summed E-state index contributed by atoms with van der Waals surface area (Å²) in [7, 11) is 0. The van der Waals surface area contributed by atoms with Gasteiger partial charge in [0.25, 0.3) is 5.91 Å². The van der Waals surface area contributed by atoms with E-state index in [0.29, 0.717) is 5.56 Å². The van der Waals surface area contributed by atoms with Crippen LogP contribution in [-0.2, 0) is 12.8 Å². The third kappa shape index (κ3) is 4.32. The Bertz CT molecular complexity index is 752. The lowest BCUT2D eigenvalue weighted by Gasteiger charge is -2.35. The highest BCUT2D eigenvalue weighted by molar-refractivity contribution is 5.94. The fourth-order valence-electron chi connectivity index (χ4n) is 4.05. The Kier molecular flexibility index (Phi) is 6.49. The minimum atomic E-state index is 0.111. The van der Waals surface area contributed by atoms with Crippen LogP contribution in [0.4, 0.5) is 5.82 Å². The van der Waals surface area contributed by atoms with Crippen molar-refractivity contribution in [3.05, 3.63) is 59.3 Å². The van der Waals surface area contributed by atoms with Crippen LogP contribution in [0.5, 0.6) is 0 Å². The zero-order valence-electron chi connectivity index (χ0n) is 16.8. The molecule has 1 aliphatic rings. The highest BCUT2D eigenvalue weighted by atomic mass is 16.2. The number of carbonyl (C=O) groups excluding carboxylic acids is 1. The molecule has 0 saturated carbocycles. The van der Waals surface area contributed by atoms with Gasteiger partial charge >= 0.3 is 0 Å². The molecule has 0 bridgehead atoms. The zero-order valence-corrected chi connectivity index (χ0v) is 16.8. The molecule has 0 spiro atoms. The second-order valence-electron chi connectivity index (χ2n) is 7.24. The highest BCUT2D eigenvalue weighted by Gasteiger charge is 2.28. The predicted molar refractivity (Wildman–Crippen MR) is 111 cm³/mol. The zero-order chi connectivity index (χ0) is 19.2. The number of nitrogens with zero attached hydrogens (tertiary/aromatic N) is 3. The second-order valence-corrected chi connectivity index (χ2v) is 7.24. The van der Waals surface area contributed by atoms with Gasteiger partial charge in [-0.05, 0) is 62.8 Å². The topological polar surface area (TPSA) is 36.4 Å². The first-order valence-electron chi connectivity index (χ1n) is 10.3. The lowest BCUT2D eigenvalue weighted by molar-refractivity contribution is 0.0661. The molecule has 0 radical (unpaired) electrons. The molecule has 1 unspecified atom stereocenters. The van der Waals surface area contributed by atoms with E-state index >= 15 is 0 Å². The van der Waals surface area contributed by atoms with Crippen LogP contribution in [-0.4, -0.2) is 41.5 Å². The third-order valence-corrected chi connectivity index (χ3v) is 5.57. The van der Waals surface area contributed by atoms with Crippen molar-refractivity contribution in [3.8, 4) is 0 Å². The maximum absolute atomic E-state index is 13.2. The van der Waals surface area contributed by atoms with Crippen molar-refractivity contribution >= 4 is 11.7 Å². The van der Waals surface area contributed by atoms with Crippen LogP contribution in [0.1, 0.15) is 55.1 Å². The molecular weight excluding hydrogens is 334 g/mol. The van der Waals surface area contributed by atoms with E-state index in [1.807, 2.05) is 12.1 Å². The summed E-state index contributed by atoms with van der Waals surface area (Å²) in [6, 6.07) is 12.8. The molecule has 1 heterocycles. The minimum absolute atomic E-state index is 0.111. The van der Waals surface area contributed by atoms with Crippen LogP contribution < -0.4 is 4.90 Å². The van der Waals surface area contributed by atoms with Gasteiger partial charge in [-0.25, -0.2) is 4.98 Å². The Hall–Kier alpha value is -2.36. The summed E-state index contributed by atoms with van der Waals surface area (Å²) < 4.78 is 0. The molecule has 4 heteroatoms. The molecule has 1 atom stereocenters. The van der Waals surface area contributed by atoms with E-state index < -0.39 is 0 Å². The molecule has 1 amide bonds. The van der Waals surface area contributed by atoms with Crippen molar-refractivity contribution in [2.24, 2.45) is 0 Å². The first-order valence-corrected chi connectivity index (χ1v) is 10.3. The van der Waals surface area contributed by atoms with E-state index in [1.165, 1.54) is 11.1 Å². The smallest absolute Gasteiger partial charge is 0.255 e. The fraction of sp³-hybridized carbons (Fsp3) is 0.478. The van der Waals surface area contributed by atoms with Gasteiger partial charge in [0.2, 0.25) is 0 Å². The lowest BCUT2D eigenvalue weighted by Crippen LogP contribution is -2.44. The number of fused-ring (bicyclic) bond motifs is 1. The van der Waals surface area contributed by atoms with Gasteiger partial charge in [-0.3, -0.25) is 4.79 Å². The van der Waals surface area contributed by atoms with E-state index in [4.69, 9.17) is 0 Å². The lowest BCUT2D eigenvalue weighted by atomic mass is 9.87. The summed E-state index contributed by atoms with van der Waals surface area (Å²) in [5.41, 5.74) is 3.51. The molecule has 0 saturated heterocycles. The number of pyridine rings is 1. The summed E-state index contributed by atoms with van der Waals surface area (Å²) in [5.74, 6) is 1.05. The first-order chi connectivity index (χ1) is 13.2. The molecule has 144 valence electrons. The molecule has 4 nitrogen and oxygen atoms in total. The molecule has 2 aromatic rings. The van der Waals surface area contributed by atoms with Gasteiger partial charge in [0, 0.05) is 31.9 Å². The number of hydrogen-bond acceptors (Lipinski definition) is 3. The normalized spacial score (nSPS) is 15.9. The van der Waals surface area contributed by atoms with Crippen molar-refractivity contribution in [1.29, 1.82) is 0 Å². The quantitative estimate of drug-likeness (QED) is 0.732. The van der Waals surface area contributed by atoms with E-state index in [-0.39, 0.29) is 11.9 Å². The van der Waals surface area contributed by atoms with Crippen LogP contribution in [0.25, 0.3) is 0 Å². The summed E-state index contributed by atoms with van der Waals surface area (Å²) in [4.78, 5) is 22.0. The Morgan fingerprint density at radius 2 is 1.81 bits per heavy atom. The summed E-state index contributed by atoms with van der Waals surface area (Å²) in [6.45, 7) is 9.00. The standard InChI is InChI=1S/C23H31N3O/c1-4-15-26(21-13-11-18-9-7-8-10-19(18)16-21)23(27)20-12-14-22(24-17-20)25(5-2)6-3/h7-10,12,14,17,21H,4-6,11,13,15-16H2,1-3H3. The minimum Gasteiger partial charge on any atom is -0.357 e. The number of benzene rings is 1. The number of hydrogen-bond donors (Lipinski definition) is 0. The van der Waals surface area contributed by atoms with Crippen molar-refractivity contribution in [2.45, 2.75) is 52.5 Å². The van der Waals surface area contributed by atoms with Gasteiger partial charge in [-0.2, -0.15) is 0 Å². The predicted octanol–water partition coefficient (Wildman–Crippen LogP) is 4.34. The van der Waals surface area contributed by atoms with E-state index in [1.54, 1.807) is 6.20 Å². The average molecular weight is 366 g/mol. The van der Waals surface area contributed by atoms with E-state index in [2.05, 4.69) is 59.8 Å². The van der Waals surface area contributed by atoms with Crippen LogP contribution in [0.15, 0.2) is 42.6 Å². The molecule has 0 fully saturated rings. The average Bonchev–Trinajstić information content (AvgIpc) is 2.72. The number of anilines is 1. The van der Waals surface area contributed by atoms with Gasteiger partial charge in [-0.1, -0.05) is 31.2 Å². The molecule has 1 aromatic carbocycles. The maximum Gasteiger partial charge on any atom is 0.255 e. The number of rotatable bonds is 7. The molecule has 3 rings (SSSR count). The van der Waals surface area contributed by atoms with Crippen molar-refractivity contribution in [1.82, 2.24) is 9.88 Å². The van der Waals surface area contributed by atoms with Gasteiger partial charge in [0.05, 0.1) is 5.56 Å². The summed E-state index contributed by atoms with van der Waals surface area (Å²) in [6.07, 6.45) is 5.75. The molecule has 1 aromatic heterocycles. The molecular formula is C23H31N3O. The van der Waals surface area contributed by atoms with Crippen LogP contribution in [0, 0.1) is 0 Å². The Morgan fingerprint density at radius 3 is 2.44 bits per heavy atom. The van der Waals surface area contributed by atoms with E-state index in [9.17, 15) is 4.79 Å². The monoisotopic (exact) mass is 365 g/mol. The third-order valence-electron chi connectivity index (χ3n) is 5.57. The van der Waals surface area contributed by atoms with Crippen molar-refractivity contribution in [2.75, 3.05) is 24.5 Å². The van der Waals surface area contributed by atoms with Gasteiger partial charge in [0.1, 0.15) is 5.82 Å². The number of aryl methyl sites for hydroxylation is 1. The molecule has 0 aliphatic heterocycles. The number of aromatic nitrogens is 1. The first kappa shape index (κ1) is 19.4. The van der Waals surface area contributed by atoms with Crippen molar-refractivity contribution in [3.63, 3.8) is 0 Å².